The van der Waals surface area contributed by atoms with Crippen molar-refractivity contribution in [2.24, 2.45) is 15.9 Å². The van der Waals surface area contributed by atoms with Crippen molar-refractivity contribution in [3.8, 4) is 39.8 Å². The summed E-state index contributed by atoms with van der Waals surface area (Å²) in [5.41, 5.74) is 11.2. The van der Waals surface area contributed by atoms with Crippen LogP contribution in [0.25, 0.3) is 33.8 Å². The lowest BCUT2D eigenvalue weighted by atomic mass is 9.80. The number of allylic oxidation sites excluding steroid dienone is 5. The van der Waals surface area contributed by atoms with Gasteiger partial charge in [0.25, 0.3) is 0 Å². The molecule has 3 unspecified atom stereocenters. The lowest BCUT2D eigenvalue weighted by Crippen LogP contribution is -2.17. The zero-order chi connectivity index (χ0) is 36.3. The monoisotopic (exact) mass is 709 g/mol. The van der Waals surface area contributed by atoms with E-state index in [1.165, 1.54) is 16.8 Å². The van der Waals surface area contributed by atoms with E-state index in [2.05, 4.69) is 138 Å². The molecule has 0 saturated heterocycles. The highest BCUT2D eigenvalue weighted by Crippen LogP contribution is 2.53. The van der Waals surface area contributed by atoms with E-state index in [9.17, 15) is 0 Å². The van der Waals surface area contributed by atoms with Crippen LogP contribution in [0.4, 0.5) is 0 Å². The number of fused-ring (bicyclic) bond motifs is 8. The molecule has 3 heterocycles. The van der Waals surface area contributed by atoms with Crippen LogP contribution in [-0.2, 0) is 0 Å². The molecule has 0 amide bonds. The molecule has 3 atom stereocenters. The van der Waals surface area contributed by atoms with E-state index < -0.39 is 0 Å². The first-order valence-electron chi connectivity index (χ1n) is 18.9. The maximum Gasteiger partial charge on any atom is 0.194 e. The molecule has 0 saturated carbocycles. The third kappa shape index (κ3) is 5.39. The highest BCUT2D eigenvalue weighted by molar-refractivity contribution is 6.14. The average molecular weight is 710 g/mol. The van der Waals surface area contributed by atoms with Crippen LogP contribution in [0.1, 0.15) is 46.3 Å². The number of ether oxygens (including phenoxy) is 2. The molecule has 6 aromatic carbocycles. The zero-order valence-corrected chi connectivity index (χ0v) is 29.9. The maximum absolute atomic E-state index is 6.68. The fourth-order valence-electron chi connectivity index (χ4n) is 8.49. The quantitative estimate of drug-likeness (QED) is 0.179. The Morgan fingerprint density at radius 2 is 1.31 bits per heavy atom. The van der Waals surface area contributed by atoms with Crippen LogP contribution in [0.15, 0.2) is 186 Å². The molecule has 55 heavy (non-hydrogen) atoms. The zero-order valence-electron chi connectivity index (χ0n) is 29.9. The molecule has 7 aromatic rings. The van der Waals surface area contributed by atoms with Gasteiger partial charge in [0.1, 0.15) is 5.52 Å². The van der Waals surface area contributed by atoms with Gasteiger partial charge in [-0.15, -0.1) is 0 Å². The number of hydrogen-bond donors (Lipinski definition) is 0. The first-order chi connectivity index (χ1) is 27.2. The smallest absolute Gasteiger partial charge is 0.194 e. The summed E-state index contributed by atoms with van der Waals surface area (Å²) in [4.78, 5) is 10.3. The highest BCUT2D eigenvalue weighted by atomic mass is 16.6. The molecule has 0 bridgehead atoms. The Hall–Kier alpha value is -6.98. The summed E-state index contributed by atoms with van der Waals surface area (Å²) in [6.45, 7) is 0. The Kier molecular flexibility index (Phi) is 7.37. The maximum atomic E-state index is 6.68. The van der Waals surface area contributed by atoms with Gasteiger partial charge in [-0.1, -0.05) is 140 Å². The first kappa shape index (κ1) is 31.5. The summed E-state index contributed by atoms with van der Waals surface area (Å²) in [6, 6.07) is 50.6. The fraction of sp³-hybridized carbons (Fsp3) is 0.0800. The minimum atomic E-state index is -0.00767. The lowest BCUT2D eigenvalue weighted by molar-refractivity contribution is 0.362. The van der Waals surface area contributed by atoms with Gasteiger partial charge in [0.05, 0.1) is 11.8 Å². The molecule has 11 rings (SSSR count). The van der Waals surface area contributed by atoms with E-state index in [1.54, 1.807) is 0 Å². The molecule has 2 aliphatic carbocycles. The molecule has 5 heteroatoms. The predicted molar refractivity (Wildman–Crippen MR) is 222 cm³/mol. The molecular formula is C50H35N3O2. The Morgan fingerprint density at radius 1 is 0.582 bits per heavy atom. The van der Waals surface area contributed by atoms with Crippen LogP contribution >= 0.6 is 0 Å². The van der Waals surface area contributed by atoms with Gasteiger partial charge in [-0.3, -0.25) is 4.99 Å². The molecule has 2 aliphatic heterocycles. The van der Waals surface area contributed by atoms with E-state index in [4.69, 9.17) is 19.5 Å². The van der Waals surface area contributed by atoms with Gasteiger partial charge >= 0.3 is 0 Å². The van der Waals surface area contributed by atoms with Gasteiger partial charge in [-0.05, 0) is 64.7 Å². The standard InChI is InChI=1S/C50H35N3O2/c1-3-13-34(14-4-1)42-31-43(52-50(51-42)35-15-5-2-6-16-35)37-18-11-17-36(30-37)32-22-25-38(26-23-32)53-47-39-19-8-7-12-33(39)24-27-40(47)41-28-29-46-49(48(41)53)55-45-21-10-9-20-44(45)54-46/h1-30,33,39,42H,31H2. The van der Waals surface area contributed by atoms with E-state index in [1.807, 2.05) is 48.5 Å². The Balaban J connectivity index is 0.997. The highest BCUT2D eigenvalue weighted by Gasteiger charge is 2.34. The third-order valence-corrected chi connectivity index (χ3v) is 11.2. The van der Waals surface area contributed by atoms with Crippen molar-refractivity contribution in [1.29, 1.82) is 0 Å². The van der Waals surface area contributed by atoms with Crippen LogP contribution in [0, 0.1) is 5.92 Å². The molecule has 4 aliphatic rings. The Labute approximate surface area is 319 Å². The number of nitrogens with zero attached hydrogens (tertiary/aromatic N) is 3. The molecule has 0 fully saturated rings. The third-order valence-electron chi connectivity index (χ3n) is 11.2. The van der Waals surface area contributed by atoms with E-state index in [0.717, 1.165) is 79.8 Å². The Morgan fingerprint density at radius 3 is 2.15 bits per heavy atom. The van der Waals surface area contributed by atoms with Gasteiger partial charge in [0.2, 0.25) is 0 Å². The molecule has 1 aromatic heterocycles. The summed E-state index contributed by atoms with van der Waals surface area (Å²) in [5, 5.41) is 1.15. The number of aliphatic imine (C=N–C) groups is 2. The van der Waals surface area contributed by atoms with Crippen LogP contribution in [-0.4, -0.2) is 16.1 Å². The first-order valence-corrected chi connectivity index (χ1v) is 18.9. The number of rotatable bonds is 5. The SMILES string of the molecule is C1=CC2C=Cc3c(n(-c4ccc(-c5cccc(C6=NC(c7ccccc7)=NC(c7ccccc7)C6)c5)cc4)c4c5c(ccc34)Oc3ccccc3O5)C2C=C1. The van der Waals surface area contributed by atoms with Crippen LogP contribution in [0.5, 0.6) is 23.0 Å². The minimum absolute atomic E-state index is 0.00767. The van der Waals surface area contributed by atoms with Crippen molar-refractivity contribution in [3.63, 3.8) is 0 Å². The van der Waals surface area contributed by atoms with Crippen LogP contribution in [0.3, 0.4) is 0 Å². The van der Waals surface area contributed by atoms with Crippen LogP contribution < -0.4 is 9.47 Å². The Bertz CT molecular complexity index is 2790. The second-order valence-corrected chi connectivity index (χ2v) is 14.4. The van der Waals surface area contributed by atoms with E-state index in [0.29, 0.717) is 0 Å². The summed E-state index contributed by atoms with van der Waals surface area (Å²) < 4.78 is 15.5. The topological polar surface area (TPSA) is 48.1 Å². The van der Waals surface area contributed by atoms with Crippen molar-refractivity contribution >= 4 is 28.5 Å². The number of benzene rings is 6. The van der Waals surface area contributed by atoms with E-state index >= 15 is 0 Å². The van der Waals surface area contributed by atoms with Gasteiger partial charge in [-0.2, -0.15) is 0 Å². The largest absolute Gasteiger partial charge is 0.449 e. The number of aromatic nitrogens is 1. The molecular weight excluding hydrogens is 675 g/mol. The van der Waals surface area contributed by atoms with Gasteiger partial charge < -0.3 is 14.0 Å². The minimum Gasteiger partial charge on any atom is -0.449 e. The predicted octanol–water partition coefficient (Wildman–Crippen LogP) is 12.4. The van der Waals surface area contributed by atoms with Gasteiger partial charge in [0.15, 0.2) is 28.8 Å². The lowest BCUT2D eigenvalue weighted by Gasteiger charge is -2.28. The molecule has 0 N–H and O–H groups in total. The van der Waals surface area contributed by atoms with Gasteiger partial charge in [0, 0.05) is 46.2 Å². The van der Waals surface area contributed by atoms with Gasteiger partial charge in [-0.25, -0.2) is 4.99 Å². The summed E-state index contributed by atoms with van der Waals surface area (Å²) >= 11 is 0. The van der Waals surface area contributed by atoms with E-state index in [-0.39, 0.29) is 17.9 Å². The number of para-hydroxylation sites is 2. The van der Waals surface area contributed by atoms with Crippen LogP contribution in [0.2, 0.25) is 0 Å². The molecule has 0 radical (unpaired) electrons. The summed E-state index contributed by atoms with van der Waals surface area (Å²) in [7, 11) is 0. The second kappa shape index (κ2) is 12.9. The van der Waals surface area contributed by atoms with Crippen molar-refractivity contribution in [2.45, 2.75) is 18.4 Å². The normalized spacial score (nSPS) is 18.9. The summed E-state index contributed by atoms with van der Waals surface area (Å²) in [5.74, 6) is 4.15. The molecule has 5 nitrogen and oxygen atoms in total. The number of amidine groups is 1. The fourth-order valence-corrected chi connectivity index (χ4v) is 8.49. The summed E-state index contributed by atoms with van der Waals surface area (Å²) in [6.07, 6.45) is 14.3. The molecule has 0 spiro atoms. The number of hydrogen-bond acceptors (Lipinski definition) is 4. The van der Waals surface area contributed by atoms with Crippen molar-refractivity contribution in [3.05, 3.63) is 204 Å². The van der Waals surface area contributed by atoms with Crippen molar-refractivity contribution in [2.75, 3.05) is 0 Å². The molecule has 262 valence electrons. The average Bonchev–Trinajstić information content (AvgIpc) is 3.62. The van der Waals surface area contributed by atoms with Crippen molar-refractivity contribution < 1.29 is 9.47 Å². The van der Waals surface area contributed by atoms with Crippen molar-refractivity contribution in [1.82, 2.24) is 4.57 Å². The second-order valence-electron chi connectivity index (χ2n) is 14.4.